The van der Waals surface area contributed by atoms with E-state index in [0.717, 1.165) is 50.3 Å². The Labute approximate surface area is 235 Å². The summed E-state index contributed by atoms with van der Waals surface area (Å²) in [5.74, 6) is 0.0268. The zero-order valence-electron chi connectivity index (χ0n) is 22.6. The molecule has 0 radical (unpaired) electrons. The van der Waals surface area contributed by atoms with Crippen molar-refractivity contribution < 1.29 is 4.79 Å². The van der Waals surface area contributed by atoms with Gasteiger partial charge in [-0.1, -0.05) is 121 Å². The van der Waals surface area contributed by atoms with Crippen LogP contribution in [0.15, 0.2) is 140 Å². The van der Waals surface area contributed by atoms with Crippen LogP contribution in [0.4, 0.5) is 0 Å². The van der Waals surface area contributed by atoms with Crippen LogP contribution in [0.1, 0.15) is 27.0 Å². The third-order valence-electron chi connectivity index (χ3n) is 7.28. The Morgan fingerprint density at radius 1 is 0.475 bits per heavy atom. The predicted molar refractivity (Wildman–Crippen MR) is 165 cm³/mol. The van der Waals surface area contributed by atoms with Gasteiger partial charge in [0.2, 0.25) is 0 Å². The van der Waals surface area contributed by atoms with Gasteiger partial charge in [-0.15, -0.1) is 0 Å². The Balaban J connectivity index is 1.43. The molecule has 0 N–H and O–H groups in total. The second kappa shape index (κ2) is 11.0. The lowest BCUT2D eigenvalue weighted by Crippen LogP contribution is -2.04. The van der Waals surface area contributed by atoms with Gasteiger partial charge in [0.1, 0.15) is 0 Å². The van der Waals surface area contributed by atoms with Crippen LogP contribution < -0.4 is 0 Å². The number of carbonyl (C=O) groups is 1. The summed E-state index contributed by atoms with van der Waals surface area (Å²) in [5, 5.41) is 0. The molecular formula is C38H29NO. The molecule has 0 aliphatic rings. The van der Waals surface area contributed by atoms with Crippen LogP contribution >= 0.6 is 0 Å². The molecule has 2 heteroatoms. The second-order valence-electron chi connectivity index (χ2n) is 10.2. The molecule has 0 unspecified atom stereocenters. The fraction of sp³-hybridized carbons (Fsp3) is 0.0526. The molecule has 5 aromatic carbocycles. The van der Waals surface area contributed by atoms with Crippen LogP contribution in [0, 0.1) is 13.8 Å². The van der Waals surface area contributed by atoms with Gasteiger partial charge in [-0.3, -0.25) is 4.79 Å². The van der Waals surface area contributed by atoms with Gasteiger partial charge in [0, 0.05) is 22.3 Å². The lowest BCUT2D eigenvalue weighted by atomic mass is 9.94. The van der Waals surface area contributed by atoms with Crippen molar-refractivity contribution in [1.82, 2.24) is 4.98 Å². The zero-order valence-corrected chi connectivity index (χ0v) is 22.6. The van der Waals surface area contributed by atoms with Crippen molar-refractivity contribution in [2.24, 2.45) is 0 Å². The zero-order chi connectivity index (χ0) is 27.5. The molecule has 6 rings (SSSR count). The van der Waals surface area contributed by atoms with E-state index in [9.17, 15) is 4.79 Å². The summed E-state index contributed by atoms with van der Waals surface area (Å²) in [6, 6.07) is 47.4. The lowest BCUT2D eigenvalue weighted by Gasteiger charge is -2.12. The molecule has 0 bridgehead atoms. The largest absolute Gasteiger partial charge is 0.289 e. The van der Waals surface area contributed by atoms with Gasteiger partial charge in [-0.05, 0) is 65.9 Å². The summed E-state index contributed by atoms with van der Waals surface area (Å²) in [4.78, 5) is 18.6. The first kappa shape index (κ1) is 25.2. The Hall–Kier alpha value is -5.08. The van der Waals surface area contributed by atoms with Crippen molar-refractivity contribution in [3.63, 3.8) is 0 Å². The van der Waals surface area contributed by atoms with Crippen molar-refractivity contribution in [2.45, 2.75) is 13.8 Å². The fourth-order valence-electron chi connectivity index (χ4n) is 5.04. The molecule has 0 spiro atoms. The third kappa shape index (κ3) is 5.25. The van der Waals surface area contributed by atoms with Crippen LogP contribution in [0.2, 0.25) is 0 Å². The summed E-state index contributed by atoms with van der Waals surface area (Å²) in [6.45, 7) is 4.00. The fourth-order valence-corrected chi connectivity index (χ4v) is 5.04. The lowest BCUT2D eigenvalue weighted by molar-refractivity contribution is 0.103. The first-order chi connectivity index (χ1) is 19.5. The molecule has 1 heterocycles. The SMILES string of the molecule is Cc1ccc(C)c(C(=O)c2cccc(-c3cc(-c4ccc(-c5ccccc5)cc4)cc(-c4ccccc4)n3)c2)c1. The van der Waals surface area contributed by atoms with Gasteiger partial charge in [0.25, 0.3) is 0 Å². The van der Waals surface area contributed by atoms with Crippen LogP contribution in [-0.2, 0) is 0 Å². The third-order valence-corrected chi connectivity index (χ3v) is 7.28. The van der Waals surface area contributed by atoms with Gasteiger partial charge in [0.05, 0.1) is 11.4 Å². The van der Waals surface area contributed by atoms with E-state index in [4.69, 9.17) is 4.98 Å². The van der Waals surface area contributed by atoms with Crippen molar-refractivity contribution in [2.75, 3.05) is 0 Å². The molecule has 0 fully saturated rings. The molecule has 0 aliphatic carbocycles. The molecule has 0 amide bonds. The highest BCUT2D eigenvalue weighted by molar-refractivity contribution is 6.10. The maximum atomic E-state index is 13.5. The Morgan fingerprint density at radius 2 is 1.02 bits per heavy atom. The predicted octanol–water partition coefficient (Wildman–Crippen LogP) is 9.60. The highest BCUT2D eigenvalue weighted by Crippen LogP contribution is 2.32. The van der Waals surface area contributed by atoms with Crippen LogP contribution in [0.25, 0.3) is 44.8 Å². The van der Waals surface area contributed by atoms with E-state index >= 15 is 0 Å². The quantitative estimate of drug-likeness (QED) is 0.207. The summed E-state index contributed by atoms with van der Waals surface area (Å²) in [5.41, 5.74) is 11.7. The molecule has 0 saturated carbocycles. The summed E-state index contributed by atoms with van der Waals surface area (Å²) >= 11 is 0. The number of benzene rings is 5. The van der Waals surface area contributed by atoms with E-state index in [-0.39, 0.29) is 5.78 Å². The number of ketones is 1. The van der Waals surface area contributed by atoms with E-state index < -0.39 is 0 Å². The number of carbonyl (C=O) groups excluding carboxylic acids is 1. The van der Waals surface area contributed by atoms with Crippen molar-refractivity contribution in [3.8, 4) is 44.8 Å². The van der Waals surface area contributed by atoms with E-state index in [1.807, 2.05) is 80.6 Å². The van der Waals surface area contributed by atoms with Crippen molar-refractivity contribution in [1.29, 1.82) is 0 Å². The number of hydrogen-bond donors (Lipinski definition) is 0. The van der Waals surface area contributed by atoms with E-state index in [2.05, 4.69) is 72.8 Å². The molecule has 6 aromatic rings. The van der Waals surface area contributed by atoms with Crippen LogP contribution in [0.3, 0.4) is 0 Å². The number of aryl methyl sites for hydroxylation is 2. The van der Waals surface area contributed by atoms with Gasteiger partial charge < -0.3 is 0 Å². The number of pyridine rings is 1. The van der Waals surface area contributed by atoms with Gasteiger partial charge in [0.15, 0.2) is 5.78 Å². The smallest absolute Gasteiger partial charge is 0.193 e. The highest BCUT2D eigenvalue weighted by Gasteiger charge is 2.15. The van der Waals surface area contributed by atoms with Gasteiger partial charge >= 0.3 is 0 Å². The minimum Gasteiger partial charge on any atom is -0.289 e. The monoisotopic (exact) mass is 515 g/mol. The molecule has 192 valence electrons. The van der Waals surface area contributed by atoms with Crippen molar-refractivity contribution in [3.05, 3.63) is 162 Å². The minimum atomic E-state index is 0.0268. The molecule has 0 saturated heterocycles. The number of aromatic nitrogens is 1. The molecular weight excluding hydrogens is 486 g/mol. The van der Waals surface area contributed by atoms with E-state index in [1.54, 1.807) is 0 Å². The van der Waals surface area contributed by atoms with E-state index in [0.29, 0.717) is 5.56 Å². The maximum Gasteiger partial charge on any atom is 0.193 e. The molecule has 2 nitrogen and oxygen atoms in total. The van der Waals surface area contributed by atoms with E-state index in [1.165, 1.54) is 11.1 Å². The normalized spacial score (nSPS) is 10.8. The first-order valence-electron chi connectivity index (χ1n) is 13.5. The summed E-state index contributed by atoms with van der Waals surface area (Å²) < 4.78 is 0. The Morgan fingerprint density at radius 3 is 1.70 bits per heavy atom. The van der Waals surface area contributed by atoms with Crippen LogP contribution in [-0.4, -0.2) is 10.8 Å². The number of hydrogen-bond acceptors (Lipinski definition) is 2. The minimum absolute atomic E-state index is 0.0268. The molecule has 0 aliphatic heterocycles. The second-order valence-corrected chi connectivity index (χ2v) is 10.2. The Kier molecular flexibility index (Phi) is 6.91. The average Bonchev–Trinajstić information content (AvgIpc) is 3.02. The number of nitrogens with zero attached hydrogens (tertiary/aromatic N) is 1. The standard InChI is InChI=1S/C38H29NO/c1-26-16-17-27(2)35(22-26)38(40)33-15-9-14-32(23-33)37-25-34(24-36(39-37)31-12-7-4-8-13-31)30-20-18-29(19-21-30)28-10-5-3-6-11-28/h3-25H,1-2H3. The highest BCUT2D eigenvalue weighted by atomic mass is 16.1. The molecule has 0 atom stereocenters. The summed E-state index contributed by atoms with van der Waals surface area (Å²) in [7, 11) is 0. The Bertz CT molecular complexity index is 1800. The topological polar surface area (TPSA) is 30.0 Å². The maximum absolute atomic E-state index is 13.5. The number of rotatable bonds is 6. The van der Waals surface area contributed by atoms with Crippen LogP contribution in [0.5, 0.6) is 0 Å². The molecule has 40 heavy (non-hydrogen) atoms. The van der Waals surface area contributed by atoms with Gasteiger partial charge in [-0.2, -0.15) is 0 Å². The van der Waals surface area contributed by atoms with Crippen molar-refractivity contribution >= 4 is 5.78 Å². The summed E-state index contributed by atoms with van der Waals surface area (Å²) in [6.07, 6.45) is 0. The first-order valence-corrected chi connectivity index (χ1v) is 13.5. The van der Waals surface area contributed by atoms with Gasteiger partial charge in [-0.25, -0.2) is 4.98 Å². The molecule has 1 aromatic heterocycles. The average molecular weight is 516 g/mol.